The van der Waals surface area contributed by atoms with Crippen LogP contribution in [0.3, 0.4) is 0 Å². The summed E-state index contributed by atoms with van der Waals surface area (Å²) in [5.74, 6) is 0.577. The van der Waals surface area contributed by atoms with Crippen molar-refractivity contribution in [1.82, 2.24) is 5.32 Å². The minimum atomic E-state index is -0.839. The summed E-state index contributed by atoms with van der Waals surface area (Å²) < 4.78 is 5.11. The second-order valence-electron chi connectivity index (χ2n) is 4.52. The van der Waals surface area contributed by atoms with Gasteiger partial charge in [-0.3, -0.25) is 4.79 Å². The molecule has 0 aromatic heterocycles. The van der Waals surface area contributed by atoms with Gasteiger partial charge in [0.2, 0.25) is 5.91 Å². The van der Waals surface area contributed by atoms with Crippen molar-refractivity contribution in [3.63, 3.8) is 0 Å². The molecule has 0 unspecified atom stereocenters. The predicted molar refractivity (Wildman–Crippen MR) is 75.4 cm³/mol. The van der Waals surface area contributed by atoms with Crippen LogP contribution in [0.4, 0.5) is 0 Å². The first-order valence-electron chi connectivity index (χ1n) is 5.59. The average molecular weight is 266 g/mol. The summed E-state index contributed by atoms with van der Waals surface area (Å²) in [6, 6.07) is 7.51. The number of nitrogens with two attached hydrogens (primary N) is 1. The van der Waals surface area contributed by atoms with Gasteiger partial charge in [0, 0.05) is 6.54 Å². The number of rotatable bonds is 5. The van der Waals surface area contributed by atoms with Gasteiger partial charge in [0.1, 0.15) is 5.75 Å². The average Bonchev–Trinajstić information content (AvgIpc) is 2.35. The third kappa shape index (κ3) is 3.43. The molecule has 4 nitrogen and oxygen atoms in total. The maximum absolute atomic E-state index is 11.9. The fraction of sp³-hybridized carbons (Fsp3) is 0.385. The zero-order chi connectivity index (χ0) is 13.8. The van der Waals surface area contributed by atoms with Crippen LogP contribution in [0.5, 0.6) is 5.75 Å². The molecule has 18 heavy (non-hydrogen) atoms. The molecule has 0 aliphatic heterocycles. The van der Waals surface area contributed by atoms with Crippen molar-refractivity contribution in [3.05, 3.63) is 29.8 Å². The highest BCUT2D eigenvalue weighted by Gasteiger charge is 2.30. The van der Waals surface area contributed by atoms with Crippen LogP contribution in [0.1, 0.15) is 19.4 Å². The minimum Gasteiger partial charge on any atom is -0.497 e. The molecule has 1 aromatic carbocycles. The van der Waals surface area contributed by atoms with Gasteiger partial charge >= 0.3 is 0 Å². The SMILES string of the molecule is COc1cccc(CNC(=O)C(C)(C)C(N)=S)c1. The summed E-state index contributed by atoms with van der Waals surface area (Å²) in [7, 11) is 1.60. The van der Waals surface area contributed by atoms with E-state index in [-0.39, 0.29) is 10.9 Å². The second kappa shape index (κ2) is 5.82. The Kier molecular flexibility index (Phi) is 4.67. The van der Waals surface area contributed by atoms with Gasteiger partial charge < -0.3 is 15.8 Å². The molecule has 1 rings (SSSR count). The number of ether oxygens (including phenoxy) is 1. The highest BCUT2D eigenvalue weighted by Crippen LogP contribution is 2.16. The highest BCUT2D eigenvalue weighted by molar-refractivity contribution is 7.80. The van der Waals surface area contributed by atoms with Gasteiger partial charge in [-0.1, -0.05) is 24.4 Å². The first-order chi connectivity index (χ1) is 8.37. The Balaban J connectivity index is 2.65. The van der Waals surface area contributed by atoms with E-state index in [1.54, 1.807) is 21.0 Å². The van der Waals surface area contributed by atoms with Crippen LogP contribution in [0.15, 0.2) is 24.3 Å². The molecule has 5 heteroatoms. The summed E-state index contributed by atoms with van der Waals surface area (Å²) in [5.41, 5.74) is 5.66. The number of carbonyl (C=O) groups excluding carboxylic acids is 1. The molecule has 0 aliphatic carbocycles. The molecular weight excluding hydrogens is 248 g/mol. The Labute approximate surface area is 113 Å². The summed E-state index contributed by atoms with van der Waals surface area (Å²) >= 11 is 4.88. The third-order valence-electron chi connectivity index (χ3n) is 2.77. The van der Waals surface area contributed by atoms with Crippen molar-refractivity contribution < 1.29 is 9.53 Å². The van der Waals surface area contributed by atoms with E-state index in [9.17, 15) is 4.79 Å². The number of carbonyl (C=O) groups is 1. The van der Waals surface area contributed by atoms with Crippen molar-refractivity contribution in [3.8, 4) is 5.75 Å². The van der Waals surface area contributed by atoms with Crippen molar-refractivity contribution in [2.75, 3.05) is 7.11 Å². The Morgan fingerprint density at radius 1 is 1.50 bits per heavy atom. The fourth-order valence-electron chi connectivity index (χ4n) is 1.30. The van der Waals surface area contributed by atoms with E-state index in [0.29, 0.717) is 6.54 Å². The normalized spacial score (nSPS) is 10.8. The maximum atomic E-state index is 11.9. The molecule has 0 bridgehead atoms. The van der Waals surface area contributed by atoms with Crippen molar-refractivity contribution in [1.29, 1.82) is 0 Å². The highest BCUT2D eigenvalue weighted by atomic mass is 32.1. The second-order valence-corrected chi connectivity index (χ2v) is 4.96. The van der Waals surface area contributed by atoms with E-state index in [1.807, 2.05) is 24.3 Å². The largest absolute Gasteiger partial charge is 0.497 e. The number of methoxy groups -OCH3 is 1. The number of benzene rings is 1. The fourth-order valence-corrected chi connectivity index (χ4v) is 1.39. The van der Waals surface area contributed by atoms with Crippen LogP contribution < -0.4 is 15.8 Å². The van der Waals surface area contributed by atoms with E-state index in [0.717, 1.165) is 11.3 Å². The number of thiocarbonyl (C=S) groups is 1. The molecule has 1 amide bonds. The Morgan fingerprint density at radius 3 is 2.72 bits per heavy atom. The number of hydrogen-bond donors (Lipinski definition) is 2. The van der Waals surface area contributed by atoms with Crippen LogP contribution in [0, 0.1) is 5.41 Å². The van der Waals surface area contributed by atoms with E-state index >= 15 is 0 Å². The van der Waals surface area contributed by atoms with E-state index in [1.165, 1.54) is 0 Å². The third-order valence-corrected chi connectivity index (χ3v) is 3.28. The summed E-state index contributed by atoms with van der Waals surface area (Å²) in [6.07, 6.45) is 0. The molecule has 0 heterocycles. The quantitative estimate of drug-likeness (QED) is 0.795. The van der Waals surface area contributed by atoms with Crippen LogP contribution in [0.25, 0.3) is 0 Å². The lowest BCUT2D eigenvalue weighted by atomic mass is 9.92. The molecule has 0 atom stereocenters. The zero-order valence-corrected chi connectivity index (χ0v) is 11.6. The van der Waals surface area contributed by atoms with Crippen LogP contribution in [-0.4, -0.2) is 18.0 Å². The molecule has 0 spiro atoms. The molecule has 1 aromatic rings. The predicted octanol–water partition coefficient (Wildman–Crippen LogP) is 1.62. The van der Waals surface area contributed by atoms with Gasteiger partial charge in [0.05, 0.1) is 17.5 Å². The molecule has 0 aliphatic rings. The van der Waals surface area contributed by atoms with Crippen molar-refractivity contribution >= 4 is 23.1 Å². The standard InChI is InChI=1S/C13H18N2O2S/c1-13(2,11(14)18)12(16)15-8-9-5-4-6-10(7-9)17-3/h4-7H,8H2,1-3H3,(H2,14,18)(H,15,16). The molecule has 0 fully saturated rings. The number of nitrogens with one attached hydrogen (secondary N) is 1. The van der Waals surface area contributed by atoms with Crippen LogP contribution in [-0.2, 0) is 11.3 Å². The van der Waals surface area contributed by atoms with Gasteiger partial charge in [-0.15, -0.1) is 0 Å². The lowest BCUT2D eigenvalue weighted by Crippen LogP contribution is -2.44. The first-order valence-corrected chi connectivity index (χ1v) is 6.00. The number of hydrogen-bond acceptors (Lipinski definition) is 3. The topological polar surface area (TPSA) is 64.3 Å². The summed E-state index contributed by atoms with van der Waals surface area (Å²) in [4.78, 5) is 12.1. The molecule has 98 valence electrons. The number of amides is 1. The van der Waals surface area contributed by atoms with Gasteiger partial charge in [-0.2, -0.15) is 0 Å². The van der Waals surface area contributed by atoms with E-state index in [2.05, 4.69) is 5.32 Å². The molecule has 0 radical (unpaired) electrons. The lowest BCUT2D eigenvalue weighted by Gasteiger charge is -2.22. The Bertz CT molecular complexity index is 458. The molecule has 3 N–H and O–H groups in total. The summed E-state index contributed by atoms with van der Waals surface area (Å²) in [6.45, 7) is 3.83. The van der Waals surface area contributed by atoms with Crippen molar-refractivity contribution in [2.45, 2.75) is 20.4 Å². The minimum absolute atomic E-state index is 0.183. The lowest BCUT2D eigenvalue weighted by molar-refractivity contribution is -0.126. The van der Waals surface area contributed by atoms with E-state index < -0.39 is 5.41 Å². The maximum Gasteiger partial charge on any atom is 0.232 e. The zero-order valence-electron chi connectivity index (χ0n) is 10.8. The molecule has 0 saturated carbocycles. The monoisotopic (exact) mass is 266 g/mol. The van der Waals surface area contributed by atoms with Crippen LogP contribution >= 0.6 is 12.2 Å². The van der Waals surface area contributed by atoms with Crippen molar-refractivity contribution in [2.24, 2.45) is 11.1 Å². The van der Waals surface area contributed by atoms with Gasteiger partial charge in [0.15, 0.2) is 0 Å². The molecule has 0 saturated heterocycles. The Hall–Kier alpha value is -1.62. The van der Waals surface area contributed by atoms with E-state index in [4.69, 9.17) is 22.7 Å². The summed E-state index contributed by atoms with van der Waals surface area (Å²) in [5, 5.41) is 2.81. The van der Waals surface area contributed by atoms with Gasteiger partial charge in [0.25, 0.3) is 0 Å². The van der Waals surface area contributed by atoms with Crippen LogP contribution in [0.2, 0.25) is 0 Å². The smallest absolute Gasteiger partial charge is 0.232 e. The van der Waals surface area contributed by atoms with Gasteiger partial charge in [-0.25, -0.2) is 0 Å². The van der Waals surface area contributed by atoms with Gasteiger partial charge in [-0.05, 0) is 31.5 Å². The Morgan fingerprint density at radius 2 is 2.17 bits per heavy atom. The first kappa shape index (κ1) is 14.4. The molecular formula is C13H18N2O2S.